The van der Waals surface area contributed by atoms with E-state index in [9.17, 15) is 9.59 Å². The number of aromatic nitrogens is 2. The molecule has 2 aromatic rings. The number of carbonyl (C=O) groups excluding carboxylic acids is 1. The van der Waals surface area contributed by atoms with Gasteiger partial charge in [-0.25, -0.2) is 4.79 Å². The number of carboxylic acid groups (broad SMARTS) is 1. The van der Waals surface area contributed by atoms with Crippen molar-refractivity contribution >= 4 is 17.6 Å². The van der Waals surface area contributed by atoms with Crippen LogP contribution in [0.4, 0.5) is 5.69 Å². The fraction of sp³-hybridized carbons (Fsp3) is 0.214. The van der Waals surface area contributed by atoms with Gasteiger partial charge < -0.3 is 10.4 Å². The Morgan fingerprint density at radius 1 is 1.25 bits per heavy atom. The molecule has 0 saturated heterocycles. The van der Waals surface area contributed by atoms with Crippen LogP contribution in [0.15, 0.2) is 18.2 Å². The summed E-state index contributed by atoms with van der Waals surface area (Å²) in [6.45, 7) is 5.20. The number of aromatic carboxylic acids is 1. The zero-order valence-corrected chi connectivity index (χ0v) is 11.4. The maximum atomic E-state index is 12.2. The first-order valence-electron chi connectivity index (χ1n) is 6.07. The van der Waals surface area contributed by atoms with E-state index in [2.05, 4.69) is 15.5 Å². The standard InChI is InChI=1S/C14H15N3O3/c1-7-4-5-10(6-11(7)14(19)20)15-13(18)12-8(2)16-17-9(12)3/h4-6H,1-3H3,(H,15,18)(H,16,17)(H,19,20). The molecule has 0 saturated carbocycles. The van der Waals surface area contributed by atoms with Crippen molar-refractivity contribution in [2.45, 2.75) is 20.8 Å². The predicted molar refractivity (Wildman–Crippen MR) is 74.2 cm³/mol. The Kier molecular flexibility index (Phi) is 3.56. The van der Waals surface area contributed by atoms with Gasteiger partial charge in [0.2, 0.25) is 0 Å². The first-order valence-corrected chi connectivity index (χ1v) is 6.07. The fourth-order valence-electron chi connectivity index (χ4n) is 2.01. The molecule has 0 atom stereocenters. The number of nitrogens with one attached hydrogen (secondary N) is 2. The number of amides is 1. The van der Waals surface area contributed by atoms with Crippen molar-refractivity contribution in [1.29, 1.82) is 0 Å². The average molecular weight is 273 g/mol. The number of benzene rings is 1. The van der Waals surface area contributed by atoms with Crippen LogP contribution in [0.2, 0.25) is 0 Å². The monoisotopic (exact) mass is 273 g/mol. The van der Waals surface area contributed by atoms with Crippen LogP contribution < -0.4 is 5.32 Å². The summed E-state index contributed by atoms with van der Waals surface area (Å²) in [5.41, 5.74) is 3.01. The lowest BCUT2D eigenvalue weighted by Crippen LogP contribution is -2.14. The Labute approximate surface area is 115 Å². The second kappa shape index (κ2) is 5.16. The third-order valence-electron chi connectivity index (χ3n) is 3.08. The van der Waals surface area contributed by atoms with Crippen LogP contribution in [0.25, 0.3) is 0 Å². The summed E-state index contributed by atoms with van der Waals surface area (Å²) in [6.07, 6.45) is 0. The third-order valence-corrected chi connectivity index (χ3v) is 3.08. The van der Waals surface area contributed by atoms with Gasteiger partial charge in [0.1, 0.15) is 0 Å². The van der Waals surface area contributed by atoms with Gasteiger partial charge >= 0.3 is 5.97 Å². The molecule has 2 rings (SSSR count). The van der Waals surface area contributed by atoms with Gasteiger partial charge in [0.15, 0.2) is 0 Å². The minimum atomic E-state index is -1.02. The minimum absolute atomic E-state index is 0.170. The Bertz CT molecular complexity index is 669. The van der Waals surface area contributed by atoms with Crippen LogP contribution in [0.1, 0.15) is 37.7 Å². The number of carbonyl (C=O) groups is 2. The predicted octanol–water partition coefficient (Wildman–Crippen LogP) is 2.29. The Hall–Kier alpha value is -2.63. The average Bonchev–Trinajstić information content (AvgIpc) is 2.71. The molecule has 20 heavy (non-hydrogen) atoms. The second-order valence-electron chi connectivity index (χ2n) is 4.60. The lowest BCUT2D eigenvalue weighted by molar-refractivity contribution is 0.0695. The van der Waals surface area contributed by atoms with E-state index in [1.807, 2.05) is 0 Å². The van der Waals surface area contributed by atoms with Crippen LogP contribution in [0.3, 0.4) is 0 Å². The Morgan fingerprint density at radius 3 is 2.50 bits per heavy atom. The van der Waals surface area contributed by atoms with Crippen LogP contribution in [-0.2, 0) is 0 Å². The van der Waals surface area contributed by atoms with Gasteiger partial charge in [0, 0.05) is 11.4 Å². The van der Waals surface area contributed by atoms with E-state index in [0.717, 1.165) is 0 Å². The number of carboxylic acids is 1. The summed E-state index contributed by atoms with van der Waals surface area (Å²) in [7, 11) is 0. The van der Waals surface area contributed by atoms with E-state index in [1.165, 1.54) is 6.07 Å². The van der Waals surface area contributed by atoms with Crippen molar-refractivity contribution in [3.8, 4) is 0 Å². The Balaban J connectivity index is 2.29. The molecule has 104 valence electrons. The molecule has 0 unspecified atom stereocenters. The SMILES string of the molecule is Cc1ccc(NC(=O)c2c(C)n[nH]c2C)cc1C(=O)O. The number of nitrogens with zero attached hydrogens (tertiary/aromatic N) is 1. The maximum Gasteiger partial charge on any atom is 0.336 e. The summed E-state index contributed by atoms with van der Waals surface area (Å²) in [5, 5.41) is 18.5. The normalized spacial score (nSPS) is 10.3. The van der Waals surface area contributed by atoms with Crippen molar-refractivity contribution in [3.63, 3.8) is 0 Å². The van der Waals surface area contributed by atoms with Gasteiger partial charge in [-0.15, -0.1) is 0 Å². The van der Waals surface area contributed by atoms with E-state index in [1.54, 1.807) is 32.9 Å². The van der Waals surface area contributed by atoms with E-state index >= 15 is 0 Å². The van der Waals surface area contributed by atoms with E-state index in [4.69, 9.17) is 5.11 Å². The molecule has 0 radical (unpaired) electrons. The lowest BCUT2D eigenvalue weighted by atomic mass is 10.1. The molecule has 0 aliphatic rings. The molecule has 0 spiro atoms. The highest BCUT2D eigenvalue weighted by atomic mass is 16.4. The Morgan fingerprint density at radius 2 is 1.95 bits per heavy atom. The van der Waals surface area contributed by atoms with Gasteiger partial charge in [-0.2, -0.15) is 5.10 Å². The summed E-state index contributed by atoms with van der Waals surface area (Å²) in [5.74, 6) is -1.33. The van der Waals surface area contributed by atoms with Crippen LogP contribution in [0.5, 0.6) is 0 Å². The van der Waals surface area contributed by atoms with Gasteiger partial charge in [0.25, 0.3) is 5.91 Å². The molecule has 0 bridgehead atoms. The molecule has 1 aromatic carbocycles. The van der Waals surface area contributed by atoms with Crippen molar-refractivity contribution in [2.24, 2.45) is 0 Å². The van der Waals surface area contributed by atoms with Crippen molar-refractivity contribution < 1.29 is 14.7 Å². The van der Waals surface area contributed by atoms with Crippen LogP contribution in [-0.4, -0.2) is 27.2 Å². The number of rotatable bonds is 3. The van der Waals surface area contributed by atoms with Gasteiger partial charge in [-0.05, 0) is 38.5 Å². The lowest BCUT2D eigenvalue weighted by Gasteiger charge is -2.08. The number of anilines is 1. The van der Waals surface area contributed by atoms with Crippen molar-refractivity contribution in [2.75, 3.05) is 5.32 Å². The fourth-order valence-corrected chi connectivity index (χ4v) is 2.01. The molecule has 0 aliphatic carbocycles. The van der Waals surface area contributed by atoms with Crippen LogP contribution >= 0.6 is 0 Å². The second-order valence-corrected chi connectivity index (χ2v) is 4.60. The molecule has 6 nitrogen and oxygen atoms in total. The highest BCUT2D eigenvalue weighted by Crippen LogP contribution is 2.18. The maximum absolute atomic E-state index is 12.2. The van der Waals surface area contributed by atoms with Gasteiger partial charge in [0.05, 0.1) is 16.8 Å². The summed E-state index contributed by atoms with van der Waals surface area (Å²) < 4.78 is 0. The first kappa shape index (κ1) is 13.8. The zero-order valence-electron chi connectivity index (χ0n) is 11.4. The van der Waals surface area contributed by atoms with Crippen molar-refractivity contribution in [3.05, 3.63) is 46.3 Å². The van der Waals surface area contributed by atoms with Crippen LogP contribution in [0, 0.1) is 20.8 Å². The molecule has 3 N–H and O–H groups in total. The number of H-pyrrole nitrogens is 1. The molecule has 0 fully saturated rings. The minimum Gasteiger partial charge on any atom is -0.478 e. The molecular weight excluding hydrogens is 258 g/mol. The summed E-state index contributed by atoms with van der Waals surface area (Å²) >= 11 is 0. The van der Waals surface area contributed by atoms with E-state index in [-0.39, 0.29) is 11.5 Å². The van der Waals surface area contributed by atoms with Gasteiger partial charge in [-0.1, -0.05) is 6.07 Å². The van der Waals surface area contributed by atoms with Crippen molar-refractivity contribution in [1.82, 2.24) is 10.2 Å². The molecule has 6 heteroatoms. The largest absolute Gasteiger partial charge is 0.478 e. The van der Waals surface area contributed by atoms with E-state index in [0.29, 0.717) is 28.2 Å². The smallest absolute Gasteiger partial charge is 0.336 e. The highest BCUT2D eigenvalue weighted by molar-refractivity contribution is 6.06. The summed E-state index contributed by atoms with van der Waals surface area (Å²) in [4.78, 5) is 23.2. The number of aromatic amines is 1. The first-order chi connectivity index (χ1) is 9.40. The third kappa shape index (κ3) is 2.54. The molecule has 1 aromatic heterocycles. The number of hydrogen-bond donors (Lipinski definition) is 3. The zero-order chi connectivity index (χ0) is 14.9. The topological polar surface area (TPSA) is 95.1 Å². The molecule has 0 aliphatic heterocycles. The van der Waals surface area contributed by atoms with E-state index < -0.39 is 5.97 Å². The van der Waals surface area contributed by atoms with Gasteiger partial charge in [-0.3, -0.25) is 9.89 Å². The quantitative estimate of drug-likeness (QED) is 0.799. The number of aryl methyl sites for hydroxylation is 3. The number of hydrogen-bond acceptors (Lipinski definition) is 3. The highest BCUT2D eigenvalue weighted by Gasteiger charge is 2.16. The molecule has 1 heterocycles. The summed E-state index contributed by atoms with van der Waals surface area (Å²) in [6, 6.07) is 4.78. The molecular formula is C14H15N3O3. The molecule has 1 amide bonds.